The summed E-state index contributed by atoms with van der Waals surface area (Å²) in [6.07, 6.45) is 1.41. The number of hydrogen-bond acceptors (Lipinski definition) is 3. The summed E-state index contributed by atoms with van der Waals surface area (Å²) < 4.78 is 5.67. The zero-order valence-corrected chi connectivity index (χ0v) is 11.4. The van der Waals surface area contributed by atoms with Crippen LogP contribution in [0.5, 0.6) is 11.6 Å². The molecule has 2 aromatic rings. The third kappa shape index (κ3) is 2.85. The maximum absolute atomic E-state index is 11.4. The van der Waals surface area contributed by atoms with Crippen molar-refractivity contribution in [3.8, 4) is 11.6 Å². The van der Waals surface area contributed by atoms with E-state index in [9.17, 15) is 4.79 Å². The number of benzene rings is 1. The van der Waals surface area contributed by atoms with E-state index in [1.807, 2.05) is 32.0 Å². The quantitative estimate of drug-likeness (QED) is 0.936. The number of rotatable bonds is 3. The number of primary amides is 1. The van der Waals surface area contributed by atoms with Gasteiger partial charge in [-0.15, -0.1) is 0 Å². The molecule has 0 aliphatic heterocycles. The van der Waals surface area contributed by atoms with E-state index < -0.39 is 5.91 Å². The number of carbonyl (C=O) groups excluding carboxylic acids is 1. The fourth-order valence-electron chi connectivity index (χ4n) is 1.62. The maximum Gasteiger partial charge on any atom is 0.254 e. The Kier molecular flexibility index (Phi) is 3.71. The molecule has 0 unspecified atom stereocenters. The summed E-state index contributed by atoms with van der Waals surface area (Å²) in [4.78, 5) is 15.4. The van der Waals surface area contributed by atoms with Gasteiger partial charge in [0.15, 0.2) is 0 Å². The number of hydrogen-bond donors (Lipinski definition) is 1. The minimum absolute atomic E-state index is 0.158. The summed E-state index contributed by atoms with van der Waals surface area (Å²) in [6, 6.07) is 7.10. The molecule has 98 valence electrons. The van der Waals surface area contributed by atoms with Crippen molar-refractivity contribution in [2.45, 2.75) is 13.8 Å². The molecule has 0 aliphatic carbocycles. The standard InChI is InChI=1S/C14H13ClN2O2/c1-8-4-3-5-12(9(8)2)19-14-11(13(16)18)6-10(15)7-17-14/h3-7H,1-2H3,(H2,16,18). The predicted octanol–water partition coefficient (Wildman–Crippen LogP) is 3.24. The third-order valence-electron chi connectivity index (χ3n) is 2.84. The lowest BCUT2D eigenvalue weighted by atomic mass is 10.1. The van der Waals surface area contributed by atoms with E-state index in [1.54, 1.807) is 0 Å². The molecule has 1 heterocycles. The van der Waals surface area contributed by atoms with Gasteiger partial charge in [0.2, 0.25) is 5.88 Å². The molecule has 2 N–H and O–H groups in total. The van der Waals surface area contributed by atoms with Crippen molar-refractivity contribution in [3.63, 3.8) is 0 Å². The number of pyridine rings is 1. The van der Waals surface area contributed by atoms with Gasteiger partial charge in [-0.1, -0.05) is 23.7 Å². The molecule has 0 radical (unpaired) electrons. The van der Waals surface area contributed by atoms with Crippen LogP contribution in [0.25, 0.3) is 0 Å². The van der Waals surface area contributed by atoms with Crippen molar-refractivity contribution >= 4 is 17.5 Å². The van der Waals surface area contributed by atoms with Crippen LogP contribution in [0.2, 0.25) is 5.02 Å². The predicted molar refractivity (Wildman–Crippen MR) is 73.8 cm³/mol. The van der Waals surface area contributed by atoms with Crippen molar-refractivity contribution in [1.29, 1.82) is 0 Å². The van der Waals surface area contributed by atoms with Gasteiger partial charge in [0, 0.05) is 6.20 Å². The van der Waals surface area contributed by atoms with Gasteiger partial charge in [0.05, 0.1) is 5.02 Å². The molecule has 1 aromatic carbocycles. The van der Waals surface area contributed by atoms with Gasteiger partial charge in [-0.3, -0.25) is 4.79 Å². The van der Waals surface area contributed by atoms with Crippen LogP contribution >= 0.6 is 11.6 Å². The lowest BCUT2D eigenvalue weighted by Gasteiger charge is -2.11. The summed E-state index contributed by atoms with van der Waals surface area (Å²) in [5, 5.41) is 0.335. The fraction of sp³-hybridized carbons (Fsp3) is 0.143. The summed E-state index contributed by atoms with van der Waals surface area (Å²) in [7, 11) is 0. The molecular weight excluding hydrogens is 264 g/mol. The molecule has 0 fully saturated rings. The second-order valence-corrected chi connectivity index (χ2v) is 4.61. The van der Waals surface area contributed by atoms with Crippen LogP contribution in [0.3, 0.4) is 0 Å². The Bertz CT molecular complexity index is 641. The van der Waals surface area contributed by atoms with Gasteiger partial charge in [-0.2, -0.15) is 0 Å². The first kappa shape index (κ1) is 13.4. The normalized spacial score (nSPS) is 10.3. The smallest absolute Gasteiger partial charge is 0.254 e. The molecule has 1 aromatic heterocycles. The SMILES string of the molecule is Cc1cccc(Oc2ncc(Cl)cc2C(N)=O)c1C. The molecule has 5 heteroatoms. The monoisotopic (exact) mass is 276 g/mol. The van der Waals surface area contributed by atoms with E-state index in [1.165, 1.54) is 12.3 Å². The Morgan fingerprint density at radius 1 is 1.37 bits per heavy atom. The van der Waals surface area contributed by atoms with Crippen molar-refractivity contribution in [1.82, 2.24) is 4.98 Å². The molecule has 0 aliphatic rings. The first-order valence-electron chi connectivity index (χ1n) is 5.68. The number of carbonyl (C=O) groups is 1. The van der Waals surface area contributed by atoms with E-state index in [2.05, 4.69) is 4.98 Å². The molecule has 2 rings (SSSR count). The second kappa shape index (κ2) is 5.28. The highest BCUT2D eigenvalue weighted by atomic mass is 35.5. The number of halogens is 1. The third-order valence-corrected chi connectivity index (χ3v) is 3.05. The zero-order chi connectivity index (χ0) is 14.0. The Labute approximate surface area is 116 Å². The lowest BCUT2D eigenvalue weighted by molar-refractivity contribution is 0.0997. The van der Waals surface area contributed by atoms with Crippen LogP contribution in [-0.2, 0) is 0 Å². The number of nitrogens with zero attached hydrogens (tertiary/aromatic N) is 1. The molecule has 4 nitrogen and oxygen atoms in total. The molecule has 0 atom stereocenters. The highest BCUT2D eigenvalue weighted by Gasteiger charge is 2.14. The summed E-state index contributed by atoms with van der Waals surface area (Å²) in [6.45, 7) is 3.91. The van der Waals surface area contributed by atoms with Gasteiger partial charge in [-0.05, 0) is 37.1 Å². The fourth-order valence-corrected chi connectivity index (χ4v) is 1.78. The minimum Gasteiger partial charge on any atom is -0.438 e. The Morgan fingerprint density at radius 2 is 2.11 bits per heavy atom. The van der Waals surface area contributed by atoms with E-state index >= 15 is 0 Å². The van der Waals surface area contributed by atoms with Gasteiger partial charge < -0.3 is 10.5 Å². The Morgan fingerprint density at radius 3 is 2.79 bits per heavy atom. The summed E-state index contributed by atoms with van der Waals surface area (Å²) in [5.74, 6) is 0.165. The van der Waals surface area contributed by atoms with E-state index in [4.69, 9.17) is 22.1 Å². The topological polar surface area (TPSA) is 65.2 Å². The highest BCUT2D eigenvalue weighted by Crippen LogP contribution is 2.28. The molecular formula is C14H13ClN2O2. The lowest BCUT2D eigenvalue weighted by Crippen LogP contribution is -2.13. The zero-order valence-electron chi connectivity index (χ0n) is 10.6. The van der Waals surface area contributed by atoms with Gasteiger partial charge in [-0.25, -0.2) is 4.98 Å². The maximum atomic E-state index is 11.4. The number of ether oxygens (including phenoxy) is 1. The average molecular weight is 277 g/mol. The van der Waals surface area contributed by atoms with Gasteiger partial charge in [0.1, 0.15) is 11.3 Å². The minimum atomic E-state index is -0.629. The average Bonchev–Trinajstić information content (AvgIpc) is 2.36. The largest absolute Gasteiger partial charge is 0.438 e. The Hall–Kier alpha value is -2.07. The van der Waals surface area contributed by atoms with E-state index in [-0.39, 0.29) is 11.4 Å². The van der Waals surface area contributed by atoms with Crippen molar-refractivity contribution in [3.05, 3.63) is 52.2 Å². The molecule has 0 saturated carbocycles. The van der Waals surface area contributed by atoms with Crippen LogP contribution in [0, 0.1) is 13.8 Å². The Balaban J connectivity index is 2.44. The number of aromatic nitrogens is 1. The molecule has 0 spiro atoms. The number of nitrogens with two attached hydrogens (primary N) is 1. The highest BCUT2D eigenvalue weighted by molar-refractivity contribution is 6.30. The van der Waals surface area contributed by atoms with Crippen LogP contribution in [0.15, 0.2) is 30.5 Å². The van der Waals surface area contributed by atoms with Crippen molar-refractivity contribution < 1.29 is 9.53 Å². The molecule has 0 saturated heterocycles. The summed E-state index contributed by atoms with van der Waals surface area (Å²) >= 11 is 5.79. The number of aryl methyl sites for hydroxylation is 1. The first-order valence-corrected chi connectivity index (χ1v) is 6.06. The van der Waals surface area contributed by atoms with Crippen molar-refractivity contribution in [2.75, 3.05) is 0 Å². The molecule has 1 amide bonds. The van der Waals surface area contributed by atoms with Crippen LogP contribution < -0.4 is 10.5 Å². The van der Waals surface area contributed by atoms with E-state index in [0.717, 1.165) is 11.1 Å². The molecule has 19 heavy (non-hydrogen) atoms. The van der Waals surface area contributed by atoms with Crippen LogP contribution in [-0.4, -0.2) is 10.9 Å². The summed E-state index contributed by atoms with van der Waals surface area (Å²) in [5.41, 5.74) is 7.52. The van der Waals surface area contributed by atoms with Crippen LogP contribution in [0.1, 0.15) is 21.5 Å². The van der Waals surface area contributed by atoms with E-state index in [0.29, 0.717) is 10.8 Å². The van der Waals surface area contributed by atoms with Crippen LogP contribution in [0.4, 0.5) is 0 Å². The first-order chi connectivity index (χ1) is 8.99. The second-order valence-electron chi connectivity index (χ2n) is 4.17. The molecule has 0 bridgehead atoms. The van der Waals surface area contributed by atoms with Gasteiger partial charge >= 0.3 is 0 Å². The number of amides is 1. The van der Waals surface area contributed by atoms with Gasteiger partial charge in [0.25, 0.3) is 5.91 Å². The van der Waals surface area contributed by atoms with Crippen molar-refractivity contribution in [2.24, 2.45) is 5.73 Å².